The standard InChI is InChI=1S/C12H20BrN5/c1-8-3-2-4-9(6-5-8)17-11-10(13)12(18-14)16-7-15-11/h7-9H,2-6,14H2,1H3,(H2,15,16,17,18). The monoisotopic (exact) mass is 313 g/mol. The molecule has 1 aliphatic carbocycles. The average molecular weight is 314 g/mol. The molecule has 18 heavy (non-hydrogen) atoms. The van der Waals surface area contributed by atoms with E-state index in [0.717, 1.165) is 16.2 Å². The Morgan fingerprint density at radius 2 is 2.00 bits per heavy atom. The zero-order valence-electron chi connectivity index (χ0n) is 10.6. The van der Waals surface area contributed by atoms with Gasteiger partial charge in [0.05, 0.1) is 0 Å². The Bertz CT molecular complexity index is 398. The van der Waals surface area contributed by atoms with E-state index in [0.29, 0.717) is 11.9 Å². The second-order valence-electron chi connectivity index (χ2n) is 4.98. The lowest BCUT2D eigenvalue weighted by Gasteiger charge is -2.18. The van der Waals surface area contributed by atoms with Crippen molar-refractivity contribution in [1.29, 1.82) is 0 Å². The van der Waals surface area contributed by atoms with Crippen molar-refractivity contribution in [2.75, 3.05) is 10.7 Å². The Morgan fingerprint density at radius 3 is 2.78 bits per heavy atom. The molecule has 0 spiro atoms. The van der Waals surface area contributed by atoms with Crippen molar-refractivity contribution in [1.82, 2.24) is 9.97 Å². The lowest BCUT2D eigenvalue weighted by atomic mass is 10.0. The number of nitrogen functional groups attached to an aromatic ring is 1. The highest BCUT2D eigenvalue weighted by molar-refractivity contribution is 9.10. The summed E-state index contributed by atoms with van der Waals surface area (Å²) in [7, 11) is 0. The van der Waals surface area contributed by atoms with Crippen LogP contribution in [0.2, 0.25) is 0 Å². The van der Waals surface area contributed by atoms with Crippen molar-refractivity contribution in [2.24, 2.45) is 11.8 Å². The van der Waals surface area contributed by atoms with Gasteiger partial charge in [-0.3, -0.25) is 0 Å². The molecule has 0 radical (unpaired) electrons. The fourth-order valence-corrected chi connectivity index (χ4v) is 2.83. The van der Waals surface area contributed by atoms with Gasteiger partial charge in [0.15, 0.2) is 5.82 Å². The number of anilines is 2. The summed E-state index contributed by atoms with van der Waals surface area (Å²) < 4.78 is 0.796. The topological polar surface area (TPSA) is 75.9 Å². The van der Waals surface area contributed by atoms with Gasteiger partial charge in [0.1, 0.15) is 16.6 Å². The van der Waals surface area contributed by atoms with Crippen LogP contribution in [-0.4, -0.2) is 16.0 Å². The van der Waals surface area contributed by atoms with Gasteiger partial charge in [-0.15, -0.1) is 0 Å². The summed E-state index contributed by atoms with van der Waals surface area (Å²) in [5.41, 5.74) is 2.55. The second kappa shape index (κ2) is 6.33. The van der Waals surface area contributed by atoms with Crippen molar-refractivity contribution in [3.63, 3.8) is 0 Å². The minimum absolute atomic E-state index is 0.492. The summed E-state index contributed by atoms with van der Waals surface area (Å²) in [6.07, 6.45) is 7.81. The first-order valence-electron chi connectivity index (χ1n) is 6.44. The number of nitrogens with zero attached hydrogens (tertiary/aromatic N) is 2. The molecule has 2 unspecified atom stereocenters. The number of nitrogens with two attached hydrogens (primary N) is 1. The Kier molecular flexibility index (Phi) is 4.77. The maximum Gasteiger partial charge on any atom is 0.159 e. The first-order chi connectivity index (χ1) is 8.70. The number of aromatic nitrogens is 2. The fourth-order valence-electron chi connectivity index (χ4n) is 2.40. The van der Waals surface area contributed by atoms with E-state index in [2.05, 4.69) is 43.6 Å². The maximum atomic E-state index is 5.40. The van der Waals surface area contributed by atoms with Gasteiger partial charge in [0, 0.05) is 6.04 Å². The lowest BCUT2D eigenvalue weighted by Crippen LogP contribution is -2.20. The van der Waals surface area contributed by atoms with Crippen LogP contribution in [0.5, 0.6) is 0 Å². The van der Waals surface area contributed by atoms with Crippen molar-refractivity contribution < 1.29 is 0 Å². The Morgan fingerprint density at radius 1 is 1.22 bits per heavy atom. The quantitative estimate of drug-likeness (QED) is 0.454. The van der Waals surface area contributed by atoms with Crippen LogP contribution in [-0.2, 0) is 0 Å². The normalized spacial score (nSPS) is 24.4. The highest BCUT2D eigenvalue weighted by Gasteiger charge is 2.18. The fraction of sp³-hybridized carbons (Fsp3) is 0.667. The van der Waals surface area contributed by atoms with Gasteiger partial charge in [0.2, 0.25) is 0 Å². The van der Waals surface area contributed by atoms with Crippen molar-refractivity contribution in [2.45, 2.75) is 45.1 Å². The van der Waals surface area contributed by atoms with Gasteiger partial charge in [-0.2, -0.15) is 0 Å². The van der Waals surface area contributed by atoms with Crippen molar-refractivity contribution >= 4 is 27.6 Å². The number of hydrogen-bond donors (Lipinski definition) is 3. The van der Waals surface area contributed by atoms with E-state index in [4.69, 9.17) is 5.84 Å². The van der Waals surface area contributed by atoms with Gasteiger partial charge in [-0.05, 0) is 41.1 Å². The molecular weight excluding hydrogens is 294 g/mol. The minimum atomic E-state index is 0.492. The molecule has 0 aliphatic heterocycles. The third kappa shape index (κ3) is 3.32. The summed E-state index contributed by atoms with van der Waals surface area (Å²) in [6.45, 7) is 2.33. The summed E-state index contributed by atoms with van der Waals surface area (Å²) in [4.78, 5) is 8.31. The molecule has 100 valence electrons. The van der Waals surface area contributed by atoms with Crippen LogP contribution < -0.4 is 16.6 Å². The SMILES string of the molecule is CC1CCCC(Nc2ncnc(NN)c2Br)CC1. The molecule has 0 bridgehead atoms. The predicted octanol–water partition coefficient (Wildman–Crippen LogP) is 2.91. The third-order valence-electron chi connectivity index (χ3n) is 3.52. The van der Waals surface area contributed by atoms with E-state index < -0.39 is 0 Å². The van der Waals surface area contributed by atoms with Crippen LogP contribution >= 0.6 is 15.9 Å². The first kappa shape index (κ1) is 13.5. The molecule has 1 aliphatic rings. The third-order valence-corrected chi connectivity index (χ3v) is 4.28. The molecule has 2 rings (SSSR count). The van der Waals surface area contributed by atoms with Crippen LogP contribution in [0, 0.1) is 5.92 Å². The van der Waals surface area contributed by atoms with Gasteiger partial charge < -0.3 is 10.7 Å². The predicted molar refractivity (Wildman–Crippen MR) is 77.2 cm³/mol. The van der Waals surface area contributed by atoms with Crippen molar-refractivity contribution in [3.05, 3.63) is 10.8 Å². The number of hydrazine groups is 1. The zero-order chi connectivity index (χ0) is 13.0. The van der Waals surface area contributed by atoms with Crippen LogP contribution in [0.25, 0.3) is 0 Å². The summed E-state index contributed by atoms with van der Waals surface area (Å²) in [6, 6.07) is 0.492. The Labute approximate surface area is 116 Å². The molecule has 1 aromatic heterocycles. The molecule has 1 fully saturated rings. The van der Waals surface area contributed by atoms with Crippen molar-refractivity contribution in [3.8, 4) is 0 Å². The summed E-state index contributed by atoms with van der Waals surface area (Å²) >= 11 is 3.47. The summed E-state index contributed by atoms with van der Waals surface area (Å²) in [5, 5.41) is 3.49. The van der Waals surface area contributed by atoms with E-state index in [1.807, 2.05) is 0 Å². The van der Waals surface area contributed by atoms with Crippen LogP contribution in [0.15, 0.2) is 10.8 Å². The largest absolute Gasteiger partial charge is 0.366 e. The molecule has 0 amide bonds. The number of rotatable bonds is 3. The lowest BCUT2D eigenvalue weighted by molar-refractivity contribution is 0.502. The molecule has 2 atom stereocenters. The van der Waals surface area contributed by atoms with Crippen LogP contribution in [0.4, 0.5) is 11.6 Å². The van der Waals surface area contributed by atoms with Gasteiger partial charge >= 0.3 is 0 Å². The van der Waals surface area contributed by atoms with Gasteiger partial charge in [-0.25, -0.2) is 15.8 Å². The molecule has 5 nitrogen and oxygen atoms in total. The zero-order valence-corrected chi connectivity index (χ0v) is 12.2. The molecular formula is C12H20BrN5. The van der Waals surface area contributed by atoms with E-state index in [1.54, 1.807) is 0 Å². The average Bonchev–Trinajstić information content (AvgIpc) is 2.57. The smallest absolute Gasteiger partial charge is 0.159 e. The maximum absolute atomic E-state index is 5.40. The molecule has 1 heterocycles. The highest BCUT2D eigenvalue weighted by Crippen LogP contribution is 2.29. The van der Waals surface area contributed by atoms with Crippen LogP contribution in [0.1, 0.15) is 39.0 Å². The molecule has 1 aromatic rings. The second-order valence-corrected chi connectivity index (χ2v) is 5.78. The first-order valence-corrected chi connectivity index (χ1v) is 7.23. The Balaban J connectivity index is 2.04. The number of hydrogen-bond acceptors (Lipinski definition) is 5. The van der Waals surface area contributed by atoms with Gasteiger partial charge in [-0.1, -0.05) is 19.8 Å². The van der Waals surface area contributed by atoms with E-state index in [-0.39, 0.29) is 0 Å². The van der Waals surface area contributed by atoms with E-state index in [9.17, 15) is 0 Å². The molecule has 0 aromatic carbocycles. The van der Waals surface area contributed by atoms with E-state index >= 15 is 0 Å². The molecule has 4 N–H and O–H groups in total. The van der Waals surface area contributed by atoms with Gasteiger partial charge in [0.25, 0.3) is 0 Å². The molecule has 1 saturated carbocycles. The number of nitrogens with one attached hydrogen (secondary N) is 2. The summed E-state index contributed by atoms with van der Waals surface area (Å²) in [5.74, 6) is 7.66. The van der Waals surface area contributed by atoms with E-state index in [1.165, 1.54) is 38.4 Å². The highest BCUT2D eigenvalue weighted by atomic mass is 79.9. The number of halogens is 1. The Hall–Kier alpha value is -0.880. The minimum Gasteiger partial charge on any atom is -0.366 e. The van der Waals surface area contributed by atoms with Crippen LogP contribution in [0.3, 0.4) is 0 Å². The molecule has 6 heteroatoms. The molecule has 0 saturated heterocycles.